The Morgan fingerprint density at radius 2 is 2.27 bits per heavy atom. The minimum atomic E-state index is -1.78. The van der Waals surface area contributed by atoms with Gasteiger partial charge in [0.05, 0.1) is 7.11 Å². The van der Waals surface area contributed by atoms with Crippen LogP contribution in [0.1, 0.15) is 0 Å². The highest BCUT2D eigenvalue weighted by Crippen LogP contribution is 2.15. The molecule has 0 radical (unpaired) electrons. The van der Waals surface area contributed by atoms with Crippen LogP contribution in [-0.2, 0) is 9.53 Å². The maximum Gasteiger partial charge on any atom is 0.326 e. The fourth-order valence-corrected chi connectivity index (χ4v) is 1.01. The van der Waals surface area contributed by atoms with Gasteiger partial charge in [-0.05, 0) is 0 Å². The van der Waals surface area contributed by atoms with Gasteiger partial charge >= 0.3 is 5.97 Å². The SMILES string of the molecule is COC(=O)C1NCC(F)C1F. The van der Waals surface area contributed by atoms with Gasteiger partial charge in [0.1, 0.15) is 12.2 Å². The van der Waals surface area contributed by atoms with Gasteiger partial charge in [0.15, 0.2) is 6.17 Å². The number of nitrogens with one attached hydrogen (secondary N) is 1. The van der Waals surface area contributed by atoms with E-state index in [0.717, 1.165) is 7.11 Å². The summed E-state index contributed by atoms with van der Waals surface area (Å²) >= 11 is 0. The molecule has 11 heavy (non-hydrogen) atoms. The van der Waals surface area contributed by atoms with Crippen molar-refractivity contribution in [2.75, 3.05) is 13.7 Å². The van der Waals surface area contributed by atoms with Crippen molar-refractivity contribution in [3.63, 3.8) is 0 Å². The lowest BCUT2D eigenvalue weighted by molar-refractivity contribution is -0.144. The zero-order chi connectivity index (χ0) is 8.43. The van der Waals surface area contributed by atoms with Crippen LogP contribution in [0.3, 0.4) is 0 Å². The second-order valence-corrected chi connectivity index (χ2v) is 2.37. The molecule has 1 fully saturated rings. The maximum atomic E-state index is 12.7. The summed E-state index contributed by atoms with van der Waals surface area (Å²) in [6, 6.07) is -1.13. The number of methoxy groups -OCH3 is 1. The van der Waals surface area contributed by atoms with Crippen molar-refractivity contribution in [2.45, 2.75) is 18.4 Å². The van der Waals surface area contributed by atoms with Crippen molar-refractivity contribution in [2.24, 2.45) is 0 Å². The van der Waals surface area contributed by atoms with Crippen LogP contribution < -0.4 is 5.32 Å². The summed E-state index contributed by atoms with van der Waals surface area (Å²) in [5.41, 5.74) is 0. The van der Waals surface area contributed by atoms with Gasteiger partial charge in [-0.15, -0.1) is 0 Å². The lowest BCUT2D eigenvalue weighted by atomic mass is 10.2. The first kappa shape index (κ1) is 8.39. The van der Waals surface area contributed by atoms with Crippen LogP contribution in [0.2, 0.25) is 0 Å². The van der Waals surface area contributed by atoms with Crippen molar-refractivity contribution in [1.29, 1.82) is 0 Å². The Balaban J connectivity index is 2.54. The van der Waals surface area contributed by atoms with Crippen LogP contribution in [0.4, 0.5) is 8.78 Å². The zero-order valence-electron chi connectivity index (χ0n) is 6.01. The molecule has 0 aromatic rings. The molecule has 1 N–H and O–H groups in total. The van der Waals surface area contributed by atoms with Gasteiger partial charge in [0.25, 0.3) is 0 Å². The Bertz CT molecular complexity index is 165. The number of rotatable bonds is 1. The molecule has 0 bridgehead atoms. The van der Waals surface area contributed by atoms with Crippen molar-refractivity contribution in [1.82, 2.24) is 5.32 Å². The molecule has 0 amide bonds. The summed E-state index contributed by atoms with van der Waals surface area (Å²) in [5.74, 6) is -0.752. The number of carbonyl (C=O) groups excluding carboxylic acids is 1. The molecule has 1 heterocycles. The minimum Gasteiger partial charge on any atom is -0.468 e. The lowest BCUT2D eigenvalue weighted by Gasteiger charge is -2.09. The molecule has 1 aliphatic rings. The monoisotopic (exact) mass is 165 g/mol. The molecule has 0 spiro atoms. The van der Waals surface area contributed by atoms with E-state index in [1.165, 1.54) is 0 Å². The van der Waals surface area contributed by atoms with Gasteiger partial charge in [-0.1, -0.05) is 0 Å². The first-order chi connectivity index (χ1) is 5.16. The molecule has 0 aliphatic carbocycles. The van der Waals surface area contributed by atoms with Gasteiger partial charge in [0, 0.05) is 6.54 Å². The molecule has 1 saturated heterocycles. The second-order valence-electron chi connectivity index (χ2n) is 2.37. The van der Waals surface area contributed by atoms with Crippen LogP contribution in [0.15, 0.2) is 0 Å². The van der Waals surface area contributed by atoms with E-state index >= 15 is 0 Å². The van der Waals surface area contributed by atoms with E-state index in [0.29, 0.717) is 0 Å². The third kappa shape index (κ3) is 1.48. The van der Waals surface area contributed by atoms with Crippen LogP contribution in [0.25, 0.3) is 0 Å². The highest BCUT2D eigenvalue weighted by molar-refractivity contribution is 5.77. The highest BCUT2D eigenvalue weighted by atomic mass is 19.2. The molecule has 3 atom stereocenters. The number of hydrogen-bond acceptors (Lipinski definition) is 3. The molecule has 64 valence electrons. The van der Waals surface area contributed by atoms with E-state index in [2.05, 4.69) is 10.1 Å². The first-order valence-electron chi connectivity index (χ1n) is 3.26. The normalized spacial score (nSPS) is 37.2. The maximum absolute atomic E-state index is 12.7. The third-order valence-electron chi connectivity index (χ3n) is 1.65. The number of esters is 1. The average molecular weight is 165 g/mol. The number of halogens is 2. The van der Waals surface area contributed by atoms with Crippen molar-refractivity contribution < 1.29 is 18.3 Å². The van der Waals surface area contributed by atoms with Crippen LogP contribution in [0, 0.1) is 0 Å². The molecular formula is C6H9F2NO2. The van der Waals surface area contributed by atoms with E-state index in [9.17, 15) is 13.6 Å². The fraction of sp³-hybridized carbons (Fsp3) is 0.833. The van der Waals surface area contributed by atoms with E-state index in [4.69, 9.17) is 0 Å². The third-order valence-corrected chi connectivity index (χ3v) is 1.65. The Labute approximate surface area is 62.7 Å². The fourth-order valence-electron chi connectivity index (χ4n) is 1.01. The van der Waals surface area contributed by atoms with Crippen LogP contribution >= 0.6 is 0 Å². The molecule has 0 saturated carbocycles. The summed E-state index contributed by atoms with van der Waals surface area (Å²) in [7, 11) is 1.14. The first-order valence-corrected chi connectivity index (χ1v) is 3.26. The number of hydrogen-bond donors (Lipinski definition) is 1. The highest BCUT2D eigenvalue weighted by Gasteiger charge is 2.41. The van der Waals surface area contributed by atoms with E-state index < -0.39 is 24.4 Å². The molecule has 0 aromatic heterocycles. The summed E-state index contributed by atoms with van der Waals surface area (Å²) in [6.45, 7) is -0.124. The lowest BCUT2D eigenvalue weighted by Crippen LogP contribution is -2.38. The predicted molar refractivity (Wildman–Crippen MR) is 33.6 cm³/mol. The van der Waals surface area contributed by atoms with Gasteiger partial charge in [0.2, 0.25) is 0 Å². The van der Waals surface area contributed by atoms with Crippen LogP contribution in [0.5, 0.6) is 0 Å². The Kier molecular flexibility index (Phi) is 2.38. The van der Waals surface area contributed by atoms with Gasteiger partial charge < -0.3 is 4.74 Å². The molecule has 5 heteroatoms. The largest absolute Gasteiger partial charge is 0.468 e. The van der Waals surface area contributed by atoms with Gasteiger partial charge in [-0.2, -0.15) is 0 Å². The molecule has 3 unspecified atom stereocenters. The van der Waals surface area contributed by atoms with Gasteiger partial charge in [-0.3, -0.25) is 10.1 Å². The number of carbonyl (C=O) groups is 1. The predicted octanol–water partition coefficient (Wildman–Crippen LogP) is -0.193. The minimum absolute atomic E-state index is 0.124. The zero-order valence-corrected chi connectivity index (χ0v) is 6.01. The number of alkyl halides is 2. The Morgan fingerprint density at radius 1 is 1.64 bits per heavy atom. The molecule has 1 aliphatic heterocycles. The molecule has 0 aromatic carbocycles. The average Bonchev–Trinajstić information content (AvgIpc) is 2.32. The topological polar surface area (TPSA) is 38.3 Å². The molecular weight excluding hydrogens is 156 g/mol. The smallest absolute Gasteiger partial charge is 0.326 e. The van der Waals surface area contributed by atoms with E-state index in [1.54, 1.807) is 0 Å². The van der Waals surface area contributed by atoms with Crippen molar-refractivity contribution in [3.05, 3.63) is 0 Å². The number of ether oxygens (including phenoxy) is 1. The van der Waals surface area contributed by atoms with Crippen molar-refractivity contribution >= 4 is 5.97 Å². The Hall–Kier alpha value is -0.710. The van der Waals surface area contributed by atoms with Gasteiger partial charge in [-0.25, -0.2) is 8.78 Å². The second kappa shape index (κ2) is 3.13. The summed E-state index contributed by atoms with van der Waals surface area (Å²) in [6.07, 6.45) is -3.37. The van der Waals surface area contributed by atoms with E-state index in [-0.39, 0.29) is 6.54 Å². The summed E-state index contributed by atoms with van der Waals surface area (Å²) < 4.78 is 29.3. The molecule has 1 rings (SSSR count). The Morgan fingerprint density at radius 3 is 2.64 bits per heavy atom. The standard InChI is InChI=1S/C6H9F2NO2/c1-11-6(10)5-4(8)3(7)2-9-5/h3-5,9H,2H2,1H3. The summed E-state index contributed by atoms with van der Waals surface area (Å²) in [5, 5.41) is 2.38. The molecule has 3 nitrogen and oxygen atoms in total. The quantitative estimate of drug-likeness (QED) is 0.547. The van der Waals surface area contributed by atoms with Crippen molar-refractivity contribution in [3.8, 4) is 0 Å². The van der Waals surface area contributed by atoms with Crippen LogP contribution in [-0.4, -0.2) is 38.0 Å². The van der Waals surface area contributed by atoms with E-state index in [1.807, 2.05) is 0 Å². The summed E-state index contributed by atoms with van der Waals surface area (Å²) in [4.78, 5) is 10.7.